The van der Waals surface area contributed by atoms with Crippen LogP contribution in [0.15, 0.2) is 28.2 Å². The first kappa shape index (κ1) is 22.0. The monoisotopic (exact) mass is 451 g/mol. The average molecular weight is 452 g/mol. The summed E-state index contributed by atoms with van der Waals surface area (Å²) in [6, 6.07) is 5.92. The molecule has 156 valence electrons. The van der Waals surface area contributed by atoms with Crippen LogP contribution in [0.3, 0.4) is 0 Å². The molecule has 2 heterocycles. The zero-order chi connectivity index (χ0) is 21.3. The zero-order valence-electron chi connectivity index (χ0n) is 17.2. The Hall–Kier alpha value is -1.68. The van der Waals surface area contributed by atoms with E-state index in [9.17, 15) is 13.2 Å². The van der Waals surface area contributed by atoms with Gasteiger partial charge in [0.15, 0.2) is 5.16 Å². The van der Waals surface area contributed by atoms with Gasteiger partial charge in [0, 0.05) is 17.2 Å². The summed E-state index contributed by atoms with van der Waals surface area (Å²) in [5.74, 6) is 0.647. The Bertz CT molecular complexity index is 1230. The number of hydrogen-bond acceptors (Lipinski definition) is 6. The lowest BCUT2D eigenvalue weighted by Crippen LogP contribution is -2.24. The van der Waals surface area contributed by atoms with Gasteiger partial charge in [0.2, 0.25) is 10.0 Å². The summed E-state index contributed by atoms with van der Waals surface area (Å²) in [5.41, 5.74) is 3.92. The van der Waals surface area contributed by atoms with Crippen molar-refractivity contribution in [2.45, 2.75) is 39.3 Å². The Balaban J connectivity index is 2.05. The van der Waals surface area contributed by atoms with Gasteiger partial charge in [0.1, 0.15) is 4.83 Å². The van der Waals surface area contributed by atoms with Gasteiger partial charge in [-0.05, 0) is 56.9 Å². The number of thiophene rings is 1. The van der Waals surface area contributed by atoms with E-state index in [1.165, 1.54) is 23.1 Å². The highest BCUT2D eigenvalue weighted by Crippen LogP contribution is 2.30. The Morgan fingerprint density at radius 2 is 1.90 bits per heavy atom. The fourth-order valence-corrected chi connectivity index (χ4v) is 5.59. The lowest BCUT2D eigenvalue weighted by Gasteiger charge is -2.15. The molecule has 3 aromatic rings. The Labute approximate surface area is 179 Å². The molecule has 0 bridgehead atoms. The fourth-order valence-electron chi connectivity index (χ4n) is 3.06. The maximum atomic E-state index is 13.5. The third kappa shape index (κ3) is 4.74. The molecule has 0 atom stereocenters. The minimum absolute atomic E-state index is 0.0534. The Morgan fingerprint density at radius 1 is 1.17 bits per heavy atom. The fraction of sp³-hybridized carbons (Fsp3) is 0.400. The topological polar surface area (TPSA) is 81.1 Å². The van der Waals surface area contributed by atoms with Crippen molar-refractivity contribution in [3.05, 3.63) is 50.1 Å². The lowest BCUT2D eigenvalue weighted by molar-refractivity contribution is 0.587. The summed E-state index contributed by atoms with van der Waals surface area (Å²) in [4.78, 5) is 20.2. The molecule has 0 radical (unpaired) electrons. The highest BCUT2D eigenvalue weighted by atomic mass is 32.2. The molecule has 0 unspecified atom stereocenters. The summed E-state index contributed by atoms with van der Waals surface area (Å²) < 4.78 is 26.6. The van der Waals surface area contributed by atoms with Crippen LogP contribution in [0.25, 0.3) is 15.9 Å². The van der Waals surface area contributed by atoms with E-state index in [-0.39, 0.29) is 5.56 Å². The summed E-state index contributed by atoms with van der Waals surface area (Å²) in [5, 5.41) is 1.31. The van der Waals surface area contributed by atoms with Gasteiger partial charge < -0.3 is 0 Å². The highest BCUT2D eigenvalue weighted by Gasteiger charge is 2.19. The minimum atomic E-state index is -3.20. The normalized spacial score (nSPS) is 12.0. The maximum Gasteiger partial charge on any atom is 0.267 e. The van der Waals surface area contributed by atoms with E-state index >= 15 is 0 Å². The highest BCUT2D eigenvalue weighted by molar-refractivity contribution is 7.99. The average Bonchev–Trinajstić information content (AvgIpc) is 2.91. The van der Waals surface area contributed by atoms with Gasteiger partial charge in [-0.1, -0.05) is 23.9 Å². The molecule has 3 rings (SSSR count). The maximum absolute atomic E-state index is 13.5. The molecule has 0 saturated carbocycles. The SMILES string of the molecule is Cc1cccc(-n2c(SCCCNS(C)(=O)=O)nc3sc(C)c(C)c3c2=O)c1C. The number of benzene rings is 1. The Kier molecular flexibility index (Phi) is 6.52. The van der Waals surface area contributed by atoms with Crippen LogP contribution in [0.2, 0.25) is 0 Å². The lowest BCUT2D eigenvalue weighted by atomic mass is 10.1. The number of aromatic nitrogens is 2. The first-order valence-corrected chi connectivity index (χ1v) is 13.0. The van der Waals surface area contributed by atoms with Gasteiger partial charge in [0.05, 0.1) is 17.3 Å². The number of nitrogens with one attached hydrogen (secondary N) is 1. The molecule has 9 heteroatoms. The van der Waals surface area contributed by atoms with Crippen molar-refractivity contribution in [1.82, 2.24) is 14.3 Å². The van der Waals surface area contributed by atoms with Gasteiger partial charge in [-0.3, -0.25) is 9.36 Å². The van der Waals surface area contributed by atoms with Crippen molar-refractivity contribution in [2.24, 2.45) is 0 Å². The summed E-state index contributed by atoms with van der Waals surface area (Å²) in [6.45, 7) is 8.37. The van der Waals surface area contributed by atoms with Crippen LogP contribution in [-0.2, 0) is 10.0 Å². The smallest absolute Gasteiger partial charge is 0.267 e. The minimum Gasteiger partial charge on any atom is -0.268 e. The molecule has 29 heavy (non-hydrogen) atoms. The van der Waals surface area contributed by atoms with Gasteiger partial charge >= 0.3 is 0 Å². The van der Waals surface area contributed by atoms with E-state index in [4.69, 9.17) is 4.98 Å². The number of sulfonamides is 1. The molecule has 1 N–H and O–H groups in total. The summed E-state index contributed by atoms with van der Waals surface area (Å²) >= 11 is 3.01. The molecule has 0 saturated heterocycles. The first-order chi connectivity index (χ1) is 13.6. The van der Waals surface area contributed by atoms with Crippen LogP contribution in [0.1, 0.15) is 28.0 Å². The predicted octanol–water partition coefficient (Wildman–Crippen LogP) is 3.71. The molecule has 1 aromatic carbocycles. The third-order valence-corrected chi connectivity index (χ3v) is 7.76. The molecule has 6 nitrogen and oxygen atoms in total. The standard InChI is InChI=1S/C20H25N3O3S3/c1-12-8-6-9-16(13(12)2)23-19(24)17-14(3)15(4)28-18(17)22-20(23)27-11-7-10-21-29(5,25)26/h6,8-9,21H,7,10-11H2,1-5H3. The van der Waals surface area contributed by atoms with Crippen molar-refractivity contribution < 1.29 is 8.42 Å². The zero-order valence-corrected chi connectivity index (χ0v) is 19.6. The number of hydrogen-bond donors (Lipinski definition) is 1. The van der Waals surface area contributed by atoms with E-state index in [1.807, 2.05) is 45.9 Å². The van der Waals surface area contributed by atoms with Crippen LogP contribution in [-0.4, -0.2) is 36.5 Å². The molecule has 0 aliphatic carbocycles. The summed E-state index contributed by atoms with van der Waals surface area (Å²) in [7, 11) is -3.20. The van der Waals surface area contributed by atoms with E-state index in [2.05, 4.69) is 4.72 Å². The second-order valence-electron chi connectivity index (χ2n) is 7.09. The number of thioether (sulfide) groups is 1. The van der Waals surface area contributed by atoms with Crippen LogP contribution in [0.4, 0.5) is 0 Å². The van der Waals surface area contributed by atoms with Gasteiger partial charge in [0.25, 0.3) is 5.56 Å². The van der Waals surface area contributed by atoms with Crippen LogP contribution < -0.4 is 10.3 Å². The van der Waals surface area contributed by atoms with E-state index in [0.717, 1.165) is 38.3 Å². The largest absolute Gasteiger partial charge is 0.268 e. The quantitative estimate of drug-likeness (QED) is 0.336. The molecule has 0 spiro atoms. The van der Waals surface area contributed by atoms with Crippen molar-refractivity contribution >= 4 is 43.3 Å². The Morgan fingerprint density at radius 3 is 2.59 bits per heavy atom. The van der Waals surface area contributed by atoms with Crippen molar-refractivity contribution in [3.8, 4) is 5.69 Å². The molecular weight excluding hydrogens is 426 g/mol. The van der Waals surface area contributed by atoms with Crippen LogP contribution >= 0.6 is 23.1 Å². The number of fused-ring (bicyclic) bond motifs is 1. The van der Waals surface area contributed by atoms with Crippen LogP contribution in [0.5, 0.6) is 0 Å². The summed E-state index contributed by atoms with van der Waals surface area (Å²) in [6.07, 6.45) is 1.79. The van der Waals surface area contributed by atoms with Crippen LogP contribution in [0, 0.1) is 27.7 Å². The molecule has 0 fully saturated rings. The van der Waals surface area contributed by atoms with Crippen molar-refractivity contribution in [2.75, 3.05) is 18.6 Å². The number of rotatable bonds is 7. The first-order valence-electron chi connectivity index (χ1n) is 9.27. The van der Waals surface area contributed by atoms with E-state index in [0.29, 0.717) is 29.3 Å². The van der Waals surface area contributed by atoms with Gasteiger partial charge in [-0.2, -0.15) is 0 Å². The molecule has 2 aromatic heterocycles. The van der Waals surface area contributed by atoms with E-state index in [1.54, 1.807) is 4.57 Å². The molecule has 0 aliphatic heterocycles. The second kappa shape index (κ2) is 8.59. The number of nitrogens with zero attached hydrogens (tertiary/aromatic N) is 2. The third-order valence-electron chi connectivity index (χ3n) is 4.91. The van der Waals surface area contributed by atoms with Crippen molar-refractivity contribution in [1.29, 1.82) is 0 Å². The van der Waals surface area contributed by atoms with Crippen molar-refractivity contribution in [3.63, 3.8) is 0 Å². The second-order valence-corrected chi connectivity index (χ2v) is 11.2. The predicted molar refractivity (Wildman–Crippen MR) is 122 cm³/mol. The molecule has 0 amide bonds. The van der Waals surface area contributed by atoms with Gasteiger partial charge in [-0.25, -0.2) is 18.1 Å². The molecular formula is C20H25N3O3S3. The molecule has 0 aliphatic rings. The number of aryl methyl sites for hydroxylation is 3. The van der Waals surface area contributed by atoms with E-state index < -0.39 is 10.0 Å². The van der Waals surface area contributed by atoms with Gasteiger partial charge in [-0.15, -0.1) is 11.3 Å².